The fraction of sp³-hybridized carbons (Fsp3) is 0.481. The Morgan fingerprint density at radius 1 is 0.969 bits per heavy atom. The molecule has 0 spiro atoms. The van der Waals surface area contributed by atoms with Crippen LogP contribution in [0.15, 0.2) is 30.9 Å². The van der Waals surface area contributed by atoms with Gasteiger partial charge in [0.15, 0.2) is 23.1 Å². The van der Waals surface area contributed by atoms with Crippen LogP contribution >= 0.6 is 0 Å². The number of allylic oxidation sites excluding steroid dienone is 1. The zero-order valence-corrected chi connectivity index (χ0v) is 18.7. The zero-order valence-electron chi connectivity index (χ0n) is 18.7. The van der Waals surface area contributed by atoms with Crippen LogP contribution in [0.25, 0.3) is 0 Å². The van der Waals surface area contributed by atoms with Crippen LogP contribution in [0.1, 0.15) is 67.7 Å². The van der Waals surface area contributed by atoms with Crippen LogP contribution in [-0.4, -0.2) is 12.7 Å². The summed E-state index contributed by atoms with van der Waals surface area (Å²) >= 11 is 0. The number of aryl methyl sites for hydroxylation is 2. The largest absolute Gasteiger partial charge is 0.450 e. The molecule has 1 fully saturated rings. The first kappa shape index (κ1) is 22.9. The zero-order chi connectivity index (χ0) is 22.7. The van der Waals surface area contributed by atoms with Crippen molar-refractivity contribution >= 4 is 0 Å². The molecule has 5 heteroatoms. The predicted molar refractivity (Wildman–Crippen MR) is 120 cm³/mol. The van der Waals surface area contributed by atoms with Crippen LogP contribution in [0.5, 0.6) is 11.5 Å². The number of hydrogen-bond acceptors (Lipinski definition) is 2. The van der Waals surface area contributed by atoms with Gasteiger partial charge in [-0.1, -0.05) is 31.6 Å². The lowest BCUT2D eigenvalue weighted by Gasteiger charge is -2.29. The molecule has 0 N–H and O–H groups in total. The molecule has 0 bridgehead atoms. The van der Waals surface area contributed by atoms with Crippen molar-refractivity contribution in [2.75, 3.05) is 6.61 Å². The van der Waals surface area contributed by atoms with Gasteiger partial charge in [-0.3, -0.25) is 0 Å². The highest BCUT2D eigenvalue weighted by atomic mass is 19.2. The van der Waals surface area contributed by atoms with Gasteiger partial charge in [0.2, 0.25) is 5.82 Å². The standard InChI is InChI=1S/C27H31F3O2/c1-3-5-7-18-9-10-20-15-21-14-19(11-13-22-12-8-17(6-4-2)16-31-22)23(28)25(30)27(21)32-26(20)24(18)29/h3,9-10,14,17,22H,1,4-8,11-13,15-16H2,2H3. The highest BCUT2D eigenvalue weighted by molar-refractivity contribution is 5.53. The van der Waals surface area contributed by atoms with E-state index in [1.165, 1.54) is 6.42 Å². The number of rotatable bonds is 8. The highest BCUT2D eigenvalue weighted by Gasteiger charge is 2.29. The topological polar surface area (TPSA) is 18.5 Å². The van der Waals surface area contributed by atoms with Crippen LogP contribution < -0.4 is 4.74 Å². The van der Waals surface area contributed by atoms with E-state index in [9.17, 15) is 13.2 Å². The summed E-state index contributed by atoms with van der Waals surface area (Å²) in [5.41, 5.74) is 2.01. The molecule has 1 saturated heterocycles. The van der Waals surface area contributed by atoms with E-state index in [4.69, 9.17) is 9.47 Å². The van der Waals surface area contributed by atoms with Crippen molar-refractivity contribution in [2.24, 2.45) is 5.92 Å². The molecule has 0 aromatic heterocycles. The van der Waals surface area contributed by atoms with Crippen molar-refractivity contribution in [3.63, 3.8) is 0 Å². The van der Waals surface area contributed by atoms with E-state index < -0.39 is 17.5 Å². The normalized spacial score (nSPS) is 19.8. The summed E-state index contributed by atoms with van der Waals surface area (Å²) in [6, 6.07) is 5.21. The molecule has 2 unspecified atom stereocenters. The van der Waals surface area contributed by atoms with Crippen LogP contribution in [0.2, 0.25) is 0 Å². The van der Waals surface area contributed by atoms with E-state index >= 15 is 0 Å². The van der Waals surface area contributed by atoms with Gasteiger partial charge in [0.25, 0.3) is 0 Å². The summed E-state index contributed by atoms with van der Waals surface area (Å²) in [5, 5.41) is 0. The van der Waals surface area contributed by atoms with E-state index in [-0.39, 0.29) is 17.6 Å². The molecular weight excluding hydrogens is 413 g/mol. The number of fused-ring (bicyclic) bond motifs is 2. The second-order valence-corrected chi connectivity index (χ2v) is 9.01. The third-order valence-electron chi connectivity index (χ3n) is 6.67. The molecule has 2 heterocycles. The van der Waals surface area contributed by atoms with Crippen molar-refractivity contribution in [3.05, 3.63) is 70.6 Å². The van der Waals surface area contributed by atoms with Crippen molar-refractivity contribution in [2.45, 2.75) is 70.8 Å². The average Bonchev–Trinajstić information content (AvgIpc) is 2.80. The summed E-state index contributed by atoms with van der Waals surface area (Å²) in [5.74, 6) is -2.03. The summed E-state index contributed by atoms with van der Waals surface area (Å²) in [4.78, 5) is 0. The van der Waals surface area contributed by atoms with Gasteiger partial charge in [0.05, 0.1) is 6.10 Å². The highest BCUT2D eigenvalue weighted by Crippen LogP contribution is 2.42. The molecule has 32 heavy (non-hydrogen) atoms. The quantitative estimate of drug-likeness (QED) is 0.336. The molecule has 2 nitrogen and oxygen atoms in total. The molecule has 4 rings (SSSR count). The molecule has 2 aromatic rings. The van der Waals surface area contributed by atoms with E-state index in [2.05, 4.69) is 13.5 Å². The lowest BCUT2D eigenvalue weighted by molar-refractivity contribution is -0.0216. The summed E-state index contributed by atoms with van der Waals surface area (Å²) < 4.78 is 56.2. The third-order valence-corrected chi connectivity index (χ3v) is 6.67. The predicted octanol–water partition coefficient (Wildman–Crippen LogP) is 7.45. The van der Waals surface area contributed by atoms with Crippen LogP contribution in [0.4, 0.5) is 13.2 Å². The Morgan fingerprint density at radius 3 is 2.50 bits per heavy atom. The Balaban J connectivity index is 1.48. The van der Waals surface area contributed by atoms with Gasteiger partial charge in [-0.05, 0) is 68.1 Å². The molecule has 2 aromatic carbocycles. The second-order valence-electron chi connectivity index (χ2n) is 9.01. The monoisotopic (exact) mass is 444 g/mol. The molecular formula is C27H31F3O2. The lowest BCUT2D eigenvalue weighted by Crippen LogP contribution is -2.26. The maximum atomic E-state index is 14.9. The minimum atomic E-state index is -1.04. The summed E-state index contributed by atoms with van der Waals surface area (Å²) in [6.45, 7) is 6.59. The van der Waals surface area contributed by atoms with Gasteiger partial charge in [-0.15, -0.1) is 6.58 Å². The van der Waals surface area contributed by atoms with Gasteiger partial charge in [0.1, 0.15) is 0 Å². The molecule has 0 aliphatic carbocycles. The van der Waals surface area contributed by atoms with Crippen molar-refractivity contribution in [1.82, 2.24) is 0 Å². The van der Waals surface area contributed by atoms with E-state index in [1.807, 2.05) is 6.07 Å². The van der Waals surface area contributed by atoms with Crippen LogP contribution in [0.3, 0.4) is 0 Å². The minimum Gasteiger partial charge on any atom is -0.450 e. The van der Waals surface area contributed by atoms with Crippen LogP contribution in [0, 0.1) is 23.4 Å². The molecule has 0 saturated carbocycles. The number of hydrogen-bond donors (Lipinski definition) is 0. The van der Waals surface area contributed by atoms with Crippen molar-refractivity contribution in [3.8, 4) is 11.5 Å². The number of benzene rings is 2. The van der Waals surface area contributed by atoms with Gasteiger partial charge in [-0.25, -0.2) is 8.78 Å². The fourth-order valence-electron chi connectivity index (χ4n) is 4.83. The van der Waals surface area contributed by atoms with E-state index in [0.717, 1.165) is 25.9 Å². The van der Waals surface area contributed by atoms with Gasteiger partial charge < -0.3 is 9.47 Å². The van der Waals surface area contributed by atoms with Gasteiger partial charge >= 0.3 is 0 Å². The summed E-state index contributed by atoms with van der Waals surface area (Å²) in [6.07, 6.45) is 8.71. The first-order valence-electron chi connectivity index (χ1n) is 11.7. The van der Waals surface area contributed by atoms with E-state index in [0.29, 0.717) is 60.3 Å². The van der Waals surface area contributed by atoms with E-state index in [1.54, 1.807) is 18.2 Å². The first-order chi connectivity index (χ1) is 15.5. The molecule has 0 radical (unpaired) electrons. The Kier molecular flexibility index (Phi) is 7.24. The lowest BCUT2D eigenvalue weighted by atomic mass is 9.91. The van der Waals surface area contributed by atoms with Gasteiger partial charge in [-0.2, -0.15) is 4.39 Å². The average molecular weight is 445 g/mol. The number of halogens is 3. The molecule has 0 amide bonds. The minimum absolute atomic E-state index is 0.00218. The molecule has 2 aliphatic rings. The number of ether oxygens (including phenoxy) is 2. The fourth-order valence-corrected chi connectivity index (χ4v) is 4.83. The maximum absolute atomic E-state index is 14.9. The van der Waals surface area contributed by atoms with Crippen LogP contribution in [-0.2, 0) is 24.0 Å². The Bertz CT molecular complexity index is 978. The smallest absolute Gasteiger partial charge is 0.201 e. The second kappa shape index (κ2) is 10.1. The third kappa shape index (κ3) is 4.73. The molecule has 2 aliphatic heterocycles. The van der Waals surface area contributed by atoms with Gasteiger partial charge in [0, 0.05) is 24.2 Å². The molecule has 2 atom stereocenters. The van der Waals surface area contributed by atoms with Crippen molar-refractivity contribution in [1.29, 1.82) is 0 Å². The summed E-state index contributed by atoms with van der Waals surface area (Å²) in [7, 11) is 0. The Labute approximate surface area is 188 Å². The molecule has 172 valence electrons. The SMILES string of the molecule is C=CCCc1ccc2c(c1F)Oc1c(cc(CCC3CCC(CCC)CO3)c(F)c1F)C2. The Morgan fingerprint density at radius 2 is 1.78 bits per heavy atom. The van der Waals surface area contributed by atoms with Crippen molar-refractivity contribution < 1.29 is 22.6 Å². The first-order valence-corrected chi connectivity index (χ1v) is 11.7. The Hall–Kier alpha value is -2.27. The maximum Gasteiger partial charge on any atom is 0.201 e.